The normalized spacial score (nSPS) is 14.9. The minimum absolute atomic E-state index is 0.0989. The maximum absolute atomic E-state index is 13.8. The molecule has 1 aliphatic rings. The number of carbonyl (C=O) groups excluding carboxylic acids is 1. The lowest BCUT2D eigenvalue weighted by Crippen LogP contribution is -2.34. The molecule has 1 amide bonds. The molecule has 0 unspecified atom stereocenters. The Bertz CT molecular complexity index is 1010. The zero-order chi connectivity index (χ0) is 19.5. The summed E-state index contributed by atoms with van der Waals surface area (Å²) in [6.45, 7) is 0.302. The van der Waals surface area contributed by atoms with E-state index < -0.39 is 5.82 Å². The standard InChI is InChI=1S/C21H18FN3O3/c1-27-18-7-6-14(11-17(18)22)21(26)25-12-15-10-13-4-2-5-16(19(13)28-15)20-23-8-3-9-24-20/h2-9,11,15H,10,12H2,1H3,(H,25,26)/t15-/m1/s1. The number of nitrogens with zero attached hydrogens (tertiary/aromatic N) is 2. The predicted octanol–water partition coefficient (Wildman–Crippen LogP) is 3.02. The van der Waals surface area contributed by atoms with Gasteiger partial charge in [-0.3, -0.25) is 4.79 Å². The summed E-state index contributed by atoms with van der Waals surface area (Å²) in [6.07, 6.45) is 3.81. The van der Waals surface area contributed by atoms with E-state index in [0.29, 0.717) is 18.8 Å². The SMILES string of the molecule is COc1ccc(C(=O)NC[C@H]2Cc3cccc(-c4ncccn4)c3O2)cc1F. The molecule has 1 atom stereocenters. The maximum atomic E-state index is 13.8. The van der Waals surface area contributed by atoms with Crippen molar-refractivity contribution in [2.24, 2.45) is 0 Å². The van der Waals surface area contributed by atoms with Gasteiger partial charge in [0.15, 0.2) is 17.4 Å². The summed E-state index contributed by atoms with van der Waals surface area (Å²) < 4.78 is 24.7. The number of amides is 1. The van der Waals surface area contributed by atoms with E-state index in [1.165, 1.54) is 19.2 Å². The third-order valence-electron chi connectivity index (χ3n) is 4.54. The second-order valence-corrected chi connectivity index (χ2v) is 6.37. The Morgan fingerprint density at radius 1 is 1.25 bits per heavy atom. The number of benzene rings is 2. The number of hydrogen-bond donors (Lipinski definition) is 1. The number of halogens is 1. The van der Waals surface area contributed by atoms with Crippen LogP contribution in [0.2, 0.25) is 0 Å². The van der Waals surface area contributed by atoms with Crippen LogP contribution in [0.4, 0.5) is 4.39 Å². The third-order valence-corrected chi connectivity index (χ3v) is 4.54. The van der Waals surface area contributed by atoms with Gasteiger partial charge in [-0.15, -0.1) is 0 Å². The third kappa shape index (κ3) is 3.51. The van der Waals surface area contributed by atoms with Gasteiger partial charge in [0, 0.05) is 24.4 Å². The van der Waals surface area contributed by atoms with Crippen LogP contribution in [-0.4, -0.2) is 35.6 Å². The van der Waals surface area contributed by atoms with Crippen molar-refractivity contribution in [3.05, 3.63) is 71.8 Å². The van der Waals surface area contributed by atoms with Gasteiger partial charge in [-0.05, 0) is 35.9 Å². The minimum Gasteiger partial charge on any atom is -0.494 e. The molecule has 0 saturated heterocycles. The van der Waals surface area contributed by atoms with Crippen LogP contribution in [0, 0.1) is 5.82 Å². The fourth-order valence-electron chi connectivity index (χ4n) is 3.18. The van der Waals surface area contributed by atoms with E-state index in [9.17, 15) is 9.18 Å². The fraction of sp³-hybridized carbons (Fsp3) is 0.190. The van der Waals surface area contributed by atoms with Crippen LogP contribution in [0.1, 0.15) is 15.9 Å². The molecule has 3 aromatic rings. The van der Waals surface area contributed by atoms with Crippen molar-refractivity contribution < 1.29 is 18.7 Å². The summed E-state index contributed by atoms with van der Waals surface area (Å²) in [5, 5.41) is 2.80. The molecule has 6 nitrogen and oxygen atoms in total. The molecule has 7 heteroatoms. The summed E-state index contributed by atoms with van der Waals surface area (Å²) in [5.41, 5.74) is 2.09. The first kappa shape index (κ1) is 17.9. The highest BCUT2D eigenvalue weighted by Crippen LogP contribution is 2.37. The van der Waals surface area contributed by atoms with E-state index in [-0.39, 0.29) is 23.3 Å². The summed E-state index contributed by atoms with van der Waals surface area (Å²) in [6, 6.07) is 11.7. The number of ether oxygens (including phenoxy) is 2. The van der Waals surface area contributed by atoms with E-state index >= 15 is 0 Å². The number of methoxy groups -OCH3 is 1. The molecule has 0 radical (unpaired) electrons. The predicted molar refractivity (Wildman–Crippen MR) is 101 cm³/mol. The number of nitrogens with one attached hydrogen (secondary N) is 1. The smallest absolute Gasteiger partial charge is 0.251 e. The first-order valence-electron chi connectivity index (χ1n) is 8.83. The summed E-state index contributed by atoms with van der Waals surface area (Å²) in [4.78, 5) is 20.9. The first-order chi connectivity index (χ1) is 13.7. The molecule has 0 bridgehead atoms. The number of carbonyl (C=O) groups is 1. The Labute approximate surface area is 161 Å². The van der Waals surface area contributed by atoms with Crippen molar-refractivity contribution in [3.8, 4) is 22.9 Å². The molecule has 142 valence electrons. The molecule has 2 aromatic carbocycles. The molecule has 0 saturated carbocycles. The van der Waals surface area contributed by atoms with Crippen molar-refractivity contribution in [1.29, 1.82) is 0 Å². The highest BCUT2D eigenvalue weighted by atomic mass is 19.1. The number of fused-ring (bicyclic) bond motifs is 1. The molecule has 1 aromatic heterocycles. The van der Waals surface area contributed by atoms with Crippen LogP contribution in [0.5, 0.6) is 11.5 Å². The molecule has 2 heterocycles. The number of aromatic nitrogens is 2. The summed E-state index contributed by atoms with van der Waals surface area (Å²) >= 11 is 0. The zero-order valence-corrected chi connectivity index (χ0v) is 15.2. The van der Waals surface area contributed by atoms with E-state index in [1.54, 1.807) is 18.5 Å². The molecule has 4 rings (SSSR count). The van der Waals surface area contributed by atoms with Gasteiger partial charge in [0.2, 0.25) is 0 Å². The molecular formula is C21H18FN3O3. The molecule has 0 aliphatic carbocycles. The molecule has 0 spiro atoms. The fourth-order valence-corrected chi connectivity index (χ4v) is 3.18. The minimum atomic E-state index is -0.577. The molecule has 0 fully saturated rings. The summed E-state index contributed by atoms with van der Waals surface area (Å²) in [7, 11) is 1.38. The van der Waals surface area contributed by atoms with Gasteiger partial charge in [0.25, 0.3) is 5.91 Å². The zero-order valence-electron chi connectivity index (χ0n) is 15.2. The number of para-hydroxylation sites is 1. The van der Waals surface area contributed by atoms with Crippen LogP contribution in [0.25, 0.3) is 11.4 Å². The van der Waals surface area contributed by atoms with Crippen LogP contribution in [-0.2, 0) is 6.42 Å². The maximum Gasteiger partial charge on any atom is 0.251 e. The Balaban J connectivity index is 1.43. The Hall–Kier alpha value is -3.48. The van der Waals surface area contributed by atoms with Crippen LogP contribution >= 0.6 is 0 Å². The quantitative estimate of drug-likeness (QED) is 0.738. The topological polar surface area (TPSA) is 73.3 Å². The highest BCUT2D eigenvalue weighted by molar-refractivity contribution is 5.94. The largest absolute Gasteiger partial charge is 0.494 e. The summed E-state index contributed by atoms with van der Waals surface area (Å²) in [5.74, 6) is 0.489. The van der Waals surface area contributed by atoms with E-state index in [2.05, 4.69) is 15.3 Å². The van der Waals surface area contributed by atoms with Gasteiger partial charge < -0.3 is 14.8 Å². The van der Waals surface area contributed by atoms with Gasteiger partial charge in [-0.1, -0.05) is 12.1 Å². The lowest BCUT2D eigenvalue weighted by atomic mass is 10.1. The molecule has 28 heavy (non-hydrogen) atoms. The van der Waals surface area contributed by atoms with Crippen molar-refractivity contribution in [3.63, 3.8) is 0 Å². The van der Waals surface area contributed by atoms with E-state index in [4.69, 9.17) is 9.47 Å². The molecule has 1 N–H and O–H groups in total. The van der Waals surface area contributed by atoms with Gasteiger partial charge in [-0.2, -0.15) is 0 Å². The van der Waals surface area contributed by atoms with Gasteiger partial charge in [0.1, 0.15) is 11.9 Å². The molecule has 1 aliphatic heterocycles. The van der Waals surface area contributed by atoms with E-state index in [1.807, 2.05) is 18.2 Å². The van der Waals surface area contributed by atoms with Gasteiger partial charge in [-0.25, -0.2) is 14.4 Å². The molecular weight excluding hydrogens is 361 g/mol. The Morgan fingerprint density at radius 2 is 2.07 bits per heavy atom. The van der Waals surface area contributed by atoms with Crippen molar-refractivity contribution in [1.82, 2.24) is 15.3 Å². The second-order valence-electron chi connectivity index (χ2n) is 6.37. The second kappa shape index (κ2) is 7.64. The van der Waals surface area contributed by atoms with Crippen LogP contribution in [0.15, 0.2) is 54.9 Å². The van der Waals surface area contributed by atoms with Crippen molar-refractivity contribution >= 4 is 5.91 Å². The average Bonchev–Trinajstić information content (AvgIpc) is 3.15. The Morgan fingerprint density at radius 3 is 2.82 bits per heavy atom. The van der Waals surface area contributed by atoms with Crippen molar-refractivity contribution in [2.75, 3.05) is 13.7 Å². The first-order valence-corrected chi connectivity index (χ1v) is 8.83. The van der Waals surface area contributed by atoms with Gasteiger partial charge in [0.05, 0.1) is 19.2 Å². The number of hydrogen-bond acceptors (Lipinski definition) is 5. The van der Waals surface area contributed by atoms with Crippen LogP contribution in [0.3, 0.4) is 0 Å². The highest BCUT2D eigenvalue weighted by Gasteiger charge is 2.27. The average molecular weight is 379 g/mol. The lowest BCUT2D eigenvalue weighted by Gasteiger charge is -2.13. The lowest BCUT2D eigenvalue weighted by molar-refractivity contribution is 0.0933. The van der Waals surface area contributed by atoms with Crippen molar-refractivity contribution in [2.45, 2.75) is 12.5 Å². The monoisotopic (exact) mass is 379 g/mol. The Kier molecular flexibility index (Phi) is 4.89. The number of rotatable bonds is 5. The van der Waals surface area contributed by atoms with E-state index in [0.717, 1.165) is 22.9 Å². The van der Waals surface area contributed by atoms with Crippen LogP contribution < -0.4 is 14.8 Å². The van der Waals surface area contributed by atoms with Gasteiger partial charge >= 0.3 is 0 Å².